The summed E-state index contributed by atoms with van der Waals surface area (Å²) >= 11 is 1.97. The Labute approximate surface area is 172 Å². The third-order valence-electron chi connectivity index (χ3n) is 3.68. The van der Waals surface area contributed by atoms with Crippen LogP contribution < -0.4 is 10.0 Å². The molecule has 148 valence electrons. The summed E-state index contributed by atoms with van der Waals surface area (Å²) in [6, 6.07) is 3.30. The first-order valence-electron chi connectivity index (χ1n) is 8.01. The molecule has 12 heteroatoms. The molecular weight excluding hydrogens is 507 g/mol. The summed E-state index contributed by atoms with van der Waals surface area (Å²) in [4.78, 5) is 16.5. The predicted octanol–water partition coefficient (Wildman–Crippen LogP) is 3.24. The van der Waals surface area contributed by atoms with Gasteiger partial charge in [-0.3, -0.25) is 14.6 Å². The molecule has 2 aromatic heterocycles. The highest BCUT2D eigenvalue weighted by molar-refractivity contribution is 14.1. The molecular formula is C16H14F2IN5O3S. The number of fused-ring (bicyclic) bond motifs is 1. The fraction of sp³-hybridized carbons (Fsp3) is 0.188. The van der Waals surface area contributed by atoms with Crippen LogP contribution in [-0.4, -0.2) is 35.3 Å². The van der Waals surface area contributed by atoms with Gasteiger partial charge in [0.25, 0.3) is 5.91 Å². The first kappa shape index (κ1) is 20.4. The molecule has 0 aliphatic carbocycles. The van der Waals surface area contributed by atoms with Crippen molar-refractivity contribution in [2.75, 3.05) is 15.8 Å². The number of amides is 1. The van der Waals surface area contributed by atoms with Gasteiger partial charge in [-0.05, 0) is 47.2 Å². The number of H-pyrrole nitrogens is 1. The SMILES string of the molecule is CCCS(=O)(=O)Nc1ccc(F)c(C(=O)Nc2cnc3[nH]nc(I)c3c2)c1F. The Balaban J connectivity index is 1.92. The van der Waals surface area contributed by atoms with E-state index in [0.717, 1.165) is 12.1 Å². The molecule has 0 spiro atoms. The van der Waals surface area contributed by atoms with Crippen molar-refractivity contribution in [1.29, 1.82) is 0 Å². The molecule has 0 saturated carbocycles. The summed E-state index contributed by atoms with van der Waals surface area (Å²) in [5.41, 5.74) is -0.712. The van der Waals surface area contributed by atoms with Crippen molar-refractivity contribution in [2.45, 2.75) is 13.3 Å². The number of rotatable bonds is 6. The number of pyridine rings is 1. The number of anilines is 2. The van der Waals surface area contributed by atoms with Gasteiger partial charge in [-0.15, -0.1) is 0 Å². The lowest BCUT2D eigenvalue weighted by Crippen LogP contribution is -2.20. The van der Waals surface area contributed by atoms with Gasteiger partial charge in [-0.2, -0.15) is 5.10 Å². The van der Waals surface area contributed by atoms with Crippen molar-refractivity contribution in [1.82, 2.24) is 15.2 Å². The molecule has 0 atom stereocenters. The number of benzene rings is 1. The van der Waals surface area contributed by atoms with Crippen LogP contribution >= 0.6 is 22.6 Å². The summed E-state index contributed by atoms with van der Waals surface area (Å²) in [5.74, 6) is -3.74. The Kier molecular flexibility index (Phi) is 5.79. The molecule has 0 unspecified atom stereocenters. The molecule has 1 amide bonds. The molecule has 3 aromatic rings. The average molecular weight is 521 g/mol. The van der Waals surface area contributed by atoms with Gasteiger partial charge in [0.15, 0.2) is 11.5 Å². The van der Waals surface area contributed by atoms with Crippen LogP contribution in [0, 0.1) is 15.3 Å². The zero-order valence-corrected chi connectivity index (χ0v) is 17.4. The Morgan fingerprint density at radius 1 is 1.32 bits per heavy atom. The van der Waals surface area contributed by atoms with Crippen molar-refractivity contribution in [3.05, 3.63) is 45.3 Å². The Morgan fingerprint density at radius 3 is 2.79 bits per heavy atom. The quantitative estimate of drug-likeness (QED) is 0.431. The number of halogens is 3. The first-order chi connectivity index (χ1) is 13.2. The van der Waals surface area contributed by atoms with Crippen LogP contribution in [0.2, 0.25) is 0 Å². The zero-order valence-electron chi connectivity index (χ0n) is 14.4. The highest BCUT2D eigenvalue weighted by Crippen LogP contribution is 2.25. The van der Waals surface area contributed by atoms with E-state index < -0.39 is 38.8 Å². The molecule has 3 rings (SSSR count). The van der Waals surface area contributed by atoms with Crippen LogP contribution in [-0.2, 0) is 10.0 Å². The third-order valence-corrected chi connectivity index (χ3v) is 5.98. The van der Waals surface area contributed by atoms with E-state index in [1.165, 1.54) is 6.20 Å². The number of hydrogen-bond donors (Lipinski definition) is 3. The van der Waals surface area contributed by atoms with Gasteiger partial charge in [0.2, 0.25) is 10.0 Å². The smallest absolute Gasteiger partial charge is 0.261 e. The highest BCUT2D eigenvalue weighted by Gasteiger charge is 2.23. The second kappa shape index (κ2) is 7.95. The number of hydrogen-bond acceptors (Lipinski definition) is 5. The maximum atomic E-state index is 14.7. The lowest BCUT2D eigenvalue weighted by molar-refractivity contribution is 0.101. The van der Waals surface area contributed by atoms with Gasteiger partial charge >= 0.3 is 0 Å². The number of aromatic amines is 1. The van der Waals surface area contributed by atoms with Gasteiger partial charge in [-0.25, -0.2) is 22.2 Å². The molecule has 2 heterocycles. The summed E-state index contributed by atoms with van der Waals surface area (Å²) < 4.78 is 55.1. The molecule has 0 radical (unpaired) electrons. The first-order valence-corrected chi connectivity index (χ1v) is 10.7. The van der Waals surface area contributed by atoms with Gasteiger partial charge < -0.3 is 5.32 Å². The minimum atomic E-state index is -3.81. The van der Waals surface area contributed by atoms with Crippen LogP contribution in [0.15, 0.2) is 24.4 Å². The lowest BCUT2D eigenvalue weighted by atomic mass is 10.1. The monoisotopic (exact) mass is 521 g/mol. The van der Waals surface area contributed by atoms with Crippen molar-refractivity contribution in [2.24, 2.45) is 0 Å². The Bertz CT molecular complexity index is 1170. The topological polar surface area (TPSA) is 117 Å². The minimum absolute atomic E-state index is 0.201. The molecule has 0 aliphatic rings. The minimum Gasteiger partial charge on any atom is -0.320 e. The molecule has 8 nitrogen and oxygen atoms in total. The Hall–Kier alpha value is -2.35. The second-order valence-corrected chi connectivity index (χ2v) is 8.66. The summed E-state index contributed by atoms with van der Waals surface area (Å²) in [6.07, 6.45) is 1.62. The maximum absolute atomic E-state index is 14.7. The van der Waals surface area contributed by atoms with Gasteiger partial charge in [0.05, 0.1) is 28.7 Å². The van der Waals surface area contributed by atoms with Crippen LogP contribution in [0.5, 0.6) is 0 Å². The number of carbonyl (C=O) groups excluding carboxylic acids is 1. The van der Waals surface area contributed by atoms with Crippen LogP contribution in [0.3, 0.4) is 0 Å². The van der Waals surface area contributed by atoms with Crippen molar-refractivity contribution in [3.8, 4) is 0 Å². The van der Waals surface area contributed by atoms with Gasteiger partial charge in [0, 0.05) is 0 Å². The van der Waals surface area contributed by atoms with E-state index in [0.29, 0.717) is 21.2 Å². The fourth-order valence-electron chi connectivity index (χ4n) is 2.46. The summed E-state index contributed by atoms with van der Waals surface area (Å²) in [7, 11) is -3.81. The second-order valence-electron chi connectivity index (χ2n) is 5.79. The van der Waals surface area contributed by atoms with E-state index in [9.17, 15) is 22.0 Å². The number of nitrogens with one attached hydrogen (secondary N) is 3. The zero-order chi connectivity index (χ0) is 20.5. The van der Waals surface area contributed by atoms with E-state index in [1.807, 2.05) is 27.3 Å². The van der Waals surface area contributed by atoms with Crippen LogP contribution in [0.25, 0.3) is 11.0 Å². The molecule has 1 aromatic carbocycles. The van der Waals surface area contributed by atoms with Crippen LogP contribution in [0.4, 0.5) is 20.2 Å². The molecule has 0 aliphatic heterocycles. The fourth-order valence-corrected chi connectivity index (χ4v) is 4.13. The van der Waals surface area contributed by atoms with Crippen molar-refractivity contribution >= 4 is 60.9 Å². The number of carbonyl (C=O) groups is 1. The molecule has 0 fully saturated rings. The molecule has 3 N–H and O–H groups in total. The number of sulfonamides is 1. The largest absolute Gasteiger partial charge is 0.320 e. The summed E-state index contributed by atoms with van der Waals surface area (Å²) in [6.45, 7) is 1.64. The average Bonchev–Trinajstić information content (AvgIpc) is 2.98. The van der Waals surface area contributed by atoms with Gasteiger partial charge in [0.1, 0.15) is 15.1 Å². The molecule has 0 saturated heterocycles. The Morgan fingerprint density at radius 2 is 2.07 bits per heavy atom. The standard InChI is InChI=1S/C16H14F2IN5O3S/c1-2-5-28(26,27)24-11-4-3-10(17)12(13(11)18)16(25)21-8-6-9-14(19)22-23-15(9)20-7-8/h3-4,6-7,24H,2,5H2,1H3,(H,21,25)(H,20,22,23). The normalized spacial score (nSPS) is 11.6. The molecule has 28 heavy (non-hydrogen) atoms. The van der Waals surface area contributed by atoms with E-state index in [2.05, 4.69) is 20.5 Å². The van der Waals surface area contributed by atoms with Gasteiger partial charge in [-0.1, -0.05) is 6.92 Å². The lowest BCUT2D eigenvalue weighted by Gasteiger charge is -2.12. The van der Waals surface area contributed by atoms with Crippen LogP contribution in [0.1, 0.15) is 23.7 Å². The molecule has 0 bridgehead atoms. The summed E-state index contributed by atoms with van der Waals surface area (Å²) in [5, 5.41) is 9.64. The van der Waals surface area contributed by atoms with Crippen molar-refractivity contribution < 1.29 is 22.0 Å². The number of aromatic nitrogens is 3. The maximum Gasteiger partial charge on any atom is 0.261 e. The predicted molar refractivity (Wildman–Crippen MR) is 109 cm³/mol. The van der Waals surface area contributed by atoms with Crippen molar-refractivity contribution in [3.63, 3.8) is 0 Å². The number of nitrogens with zero attached hydrogens (tertiary/aromatic N) is 2. The van der Waals surface area contributed by atoms with E-state index >= 15 is 0 Å². The third kappa shape index (κ3) is 4.22. The highest BCUT2D eigenvalue weighted by atomic mass is 127. The van der Waals surface area contributed by atoms with E-state index in [4.69, 9.17) is 0 Å². The van der Waals surface area contributed by atoms with E-state index in [1.54, 1.807) is 13.0 Å². The van der Waals surface area contributed by atoms with E-state index in [-0.39, 0.29) is 11.4 Å².